The molecule has 5 nitrogen and oxygen atoms in total. The number of aromatic nitrogens is 1. The molecule has 1 N–H and O–H groups in total. The molecular weight excluding hydrogens is 404 g/mol. The number of aryl methyl sites for hydroxylation is 1. The highest BCUT2D eigenvalue weighted by Gasteiger charge is 2.26. The van der Waals surface area contributed by atoms with E-state index in [1.54, 1.807) is 23.7 Å². The van der Waals surface area contributed by atoms with Crippen molar-refractivity contribution < 1.29 is 4.79 Å². The molecule has 6 heteroatoms. The maximum absolute atomic E-state index is 12.4. The molecule has 3 heterocycles. The number of nitrogens with one attached hydrogen (secondary N) is 1. The first-order valence-corrected chi connectivity index (χ1v) is 11.0. The van der Waals surface area contributed by atoms with Gasteiger partial charge < -0.3 is 10.2 Å². The number of hydrogen-bond acceptors (Lipinski definition) is 5. The van der Waals surface area contributed by atoms with Crippen LogP contribution in [0.5, 0.6) is 0 Å². The van der Waals surface area contributed by atoms with E-state index in [0.29, 0.717) is 25.9 Å². The van der Waals surface area contributed by atoms with Gasteiger partial charge in [0.15, 0.2) is 0 Å². The van der Waals surface area contributed by atoms with E-state index in [1.165, 1.54) is 5.56 Å². The summed E-state index contributed by atoms with van der Waals surface area (Å²) in [6.45, 7) is 4.93. The molecule has 0 spiro atoms. The highest BCUT2D eigenvalue weighted by Crippen LogP contribution is 2.36. The van der Waals surface area contributed by atoms with E-state index in [9.17, 15) is 10.1 Å². The number of carbonyl (C=O) groups is 1. The molecule has 1 aliphatic heterocycles. The molecule has 3 aromatic rings. The molecule has 31 heavy (non-hydrogen) atoms. The first-order valence-electron chi connectivity index (χ1n) is 10.2. The SMILES string of the molecule is C=Cc1ccccc1.CNc1sc2c(c1C#N)CCN(C(=O)CCc1cccnc1)C2. The summed E-state index contributed by atoms with van der Waals surface area (Å²) in [6.07, 6.45) is 7.34. The molecule has 0 atom stereocenters. The van der Waals surface area contributed by atoms with Crippen LogP contribution < -0.4 is 5.32 Å². The largest absolute Gasteiger partial charge is 0.379 e. The van der Waals surface area contributed by atoms with Gasteiger partial charge in [0.05, 0.1) is 12.1 Å². The number of pyridine rings is 1. The number of thiophene rings is 1. The summed E-state index contributed by atoms with van der Waals surface area (Å²) in [5.74, 6) is 0.164. The van der Waals surface area contributed by atoms with Gasteiger partial charge >= 0.3 is 0 Å². The fraction of sp³-hybridized carbons (Fsp3) is 0.240. The molecule has 0 bridgehead atoms. The van der Waals surface area contributed by atoms with Crippen LogP contribution in [0.15, 0.2) is 61.4 Å². The zero-order chi connectivity index (χ0) is 22.1. The van der Waals surface area contributed by atoms with Crippen molar-refractivity contribution in [1.82, 2.24) is 9.88 Å². The minimum Gasteiger partial charge on any atom is -0.379 e. The molecule has 4 rings (SSSR count). The van der Waals surface area contributed by atoms with Crippen LogP contribution in [0.1, 0.15) is 33.6 Å². The molecule has 0 aliphatic carbocycles. The van der Waals surface area contributed by atoms with Gasteiger partial charge in [-0.15, -0.1) is 11.3 Å². The lowest BCUT2D eigenvalue weighted by atomic mass is 10.0. The molecule has 2 aromatic heterocycles. The van der Waals surface area contributed by atoms with E-state index in [4.69, 9.17) is 0 Å². The fourth-order valence-corrected chi connectivity index (χ4v) is 4.62. The Morgan fingerprint density at radius 3 is 2.74 bits per heavy atom. The van der Waals surface area contributed by atoms with E-state index < -0.39 is 0 Å². The normalized spacial score (nSPS) is 12.1. The number of fused-ring (bicyclic) bond motifs is 1. The van der Waals surface area contributed by atoms with Crippen molar-refractivity contribution in [3.05, 3.63) is 88.6 Å². The van der Waals surface area contributed by atoms with Gasteiger partial charge in [0, 0.05) is 37.3 Å². The van der Waals surface area contributed by atoms with Crippen LogP contribution in [0.4, 0.5) is 5.00 Å². The molecule has 0 saturated heterocycles. The van der Waals surface area contributed by atoms with Crippen LogP contribution in [-0.4, -0.2) is 29.4 Å². The lowest BCUT2D eigenvalue weighted by molar-refractivity contribution is -0.132. The molecule has 0 radical (unpaired) electrons. The summed E-state index contributed by atoms with van der Waals surface area (Å²) < 4.78 is 0. The minimum atomic E-state index is 0.164. The second kappa shape index (κ2) is 11.1. The van der Waals surface area contributed by atoms with Crippen molar-refractivity contribution in [1.29, 1.82) is 5.26 Å². The molecule has 0 saturated carbocycles. The average molecular weight is 431 g/mol. The highest BCUT2D eigenvalue weighted by molar-refractivity contribution is 7.16. The van der Waals surface area contributed by atoms with Gasteiger partial charge in [-0.05, 0) is 35.6 Å². The van der Waals surface area contributed by atoms with Crippen molar-refractivity contribution in [2.75, 3.05) is 18.9 Å². The number of nitriles is 1. The number of rotatable bonds is 5. The van der Waals surface area contributed by atoms with Crippen LogP contribution in [0.3, 0.4) is 0 Å². The quantitative estimate of drug-likeness (QED) is 0.625. The number of amides is 1. The summed E-state index contributed by atoms with van der Waals surface area (Å²) in [7, 11) is 1.83. The van der Waals surface area contributed by atoms with Crippen molar-refractivity contribution in [3.63, 3.8) is 0 Å². The Labute approximate surface area is 187 Å². The summed E-state index contributed by atoms with van der Waals surface area (Å²) in [4.78, 5) is 19.5. The van der Waals surface area contributed by atoms with Gasteiger partial charge in [-0.1, -0.05) is 49.1 Å². The number of benzene rings is 1. The zero-order valence-corrected chi connectivity index (χ0v) is 18.5. The predicted molar refractivity (Wildman–Crippen MR) is 127 cm³/mol. The van der Waals surface area contributed by atoms with E-state index in [-0.39, 0.29) is 5.91 Å². The Morgan fingerprint density at radius 2 is 2.13 bits per heavy atom. The van der Waals surface area contributed by atoms with Gasteiger partial charge in [0.2, 0.25) is 5.91 Å². The Hall–Kier alpha value is -3.43. The van der Waals surface area contributed by atoms with Crippen molar-refractivity contribution >= 4 is 28.3 Å². The van der Waals surface area contributed by atoms with Crippen LogP contribution in [-0.2, 0) is 24.2 Å². The molecule has 1 aromatic carbocycles. The van der Waals surface area contributed by atoms with Crippen molar-refractivity contribution in [2.24, 2.45) is 0 Å². The Kier molecular flexibility index (Phi) is 7.97. The summed E-state index contributed by atoms with van der Waals surface area (Å²) in [6, 6.07) is 16.2. The third-order valence-corrected chi connectivity index (χ3v) is 6.37. The second-order valence-electron chi connectivity index (χ2n) is 7.11. The fourth-order valence-electron chi connectivity index (χ4n) is 3.46. The highest BCUT2D eigenvalue weighted by atomic mass is 32.1. The Balaban J connectivity index is 0.000000287. The number of anilines is 1. The van der Waals surface area contributed by atoms with Crippen LogP contribution in [0.2, 0.25) is 0 Å². The van der Waals surface area contributed by atoms with Crippen molar-refractivity contribution in [2.45, 2.75) is 25.8 Å². The predicted octanol–water partition coefficient (Wildman–Crippen LogP) is 4.90. The number of nitrogens with zero attached hydrogens (tertiary/aromatic N) is 3. The molecule has 1 amide bonds. The lowest BCUT2D eigenvalue weighted by Crippen LogP contribution is -2.35. The van der Waals surface area contributed by atoms with Crippen LogP contribution in [0, 0.1) is 11.3 Å². The molecule has 0 fully saturated rings. The summed E-state index contributed by atoms with van der Waals surface area (Å²) in [5, 5.41) is 13.3. The summed E-state index contributed by atoms with van der Waals surface area (Å²) >= 11 is 1.58. The first kappa shape index (κ1) is 22.3. The maximum Gasteiger partial charge on any atom is 0.223 e. The minimum absolute atomic E-state index is 0.164. The summed E-state index contributed by atoms with van der Waals surface area (Å²) in [5.41, 5.74) is 4.11. The monoisotopic (exact) mass is 430 g/mol. The number of hydrogen-bond donors (Lipinski definition) is 1. The third-order valence-electron chi connectivity index (χ3n) is 5.13. The van der Waals surface area contributed by atoms with Crippen LogP contribution >= 0.6 is 11.3 Å². The number of carbonyl (C=O) groups excluding carboxylic acids is 1. The molecule has 1 aliphatic rings. The average Bonchev–Trinajstić information content (AvgIpc) is 3.21. The van der Waals surface area contributed by atoms with E-state index in [2.05, 4.69) is 22.9 Å². The maximum atomic E-state index is 12.4. The third kappa shape index (κ3) is 5.80. The van der Waals surface area contributed by atoms with Gasteiger partial charge in [-0.3, -0.25) is 9.78 Å². The van der Waals surface area contributed by atoms with Gasteiger partial charge in [-0.2, -0.15) is 5.26 Å². The van der Waals surface area contributed by atoms with E-state index in [1.807, 2.05) is 60.5 Å². The van der Waals surface area contributed by atoms with Gasteiger partial charge in [-0.25, -0.2) is 0 Å². The van der Waals surface area contributed by atoms with E-state index >= 15 is 0 Å². The molecule has 0 unspecified atom stereocenters. The van der Waals surface area contributed by atoms with Gasteiger partial charge in [0.25, 0.3) is 0 Å². The zero-order valence-electron chi connectivity index (χ0n) is 17.7. The molecular formula is C25H26N4OS. The van der Waals surface area contributed by atoms with Crippen LogP contribution in [0.25, 0.3) is 6.08 Å². The van der Waals surface area contributed by atoms with Gasteiger partial charge in [0.1, 0.15) is 11.1 Å². The van der Waals surface area contributed by atoms with E-state index in [0.717, 1.165) is 33.0 Å². The smallest absolute Gasteiger partial charge is 0.223 e. The Bertz CT molecular complexity index is 1050. The lowest BCUT2D eigenvalue weighted by Gasteiger charge is -2.27. The molecule has 158 valence electrons. The Morgan fingerprint density at radius 1 is 1.32 bits per heavy atom. The standard InChI is InChI=1S/C17H18N4OS.C8H8/c1-19-17-14(9-18)13-6-8-21(11-15(13)23-17)16(22)5-4-12-3-2-7-20-10-12;1-2-8-6-4-3-5-7-8/h2-3,7,10,19H,4-6,8,11H2,1H3;2-7H,1H2. The van der Waals surface area contributed by atoms with Crippen molar-refractivity contribution in [3.8, 4) is 6.07 Å². The first-order chi connectivity index (χ1) is 15.2. The second-order valence-corrected chi connectivity index (χ2v) is 8.22. The topological polar surface area (TPSA) is 69.0 Å².